The van der Waals surface area contributed by atoms with Gasteiger partial charge in [-0.05, 0) is 32.3 Å². The van der Waals surface area contributed by atoms with Crippen LogP contribution in [0.2, 0.25) is 0 Å². The van der Waals surface area contributed by atoms with Gasteiger partial charge in [-0.2, -0.15) is 13.2 Å². The number of carbonyl (C=O) groups excluding carboxylic acids is 1. The molecule has 28 heavy (non-hydrogen) atoms. The summed E-state index contributed by atoms with van der Waals surface area (Å²) in [6.07, 6.45) is -3.08. The zero-order valence-corrected chi connectivity index (χ0v) is 16.4. The van der Waals surface area contributed by atoms with Crippen LogP contribution >= 0.6 is 0 Å². The van der Waals surface area contributed by atoms with Gasteiger partial charge in [0.05, 0.1) is 13.2 Å². The van der Waals surface area contributed by atoms with E-state index in [1.165, 1.54) is 17.0 Å². The molecule has 2 heterocycles. The molecule has 1 atom stereocenters. The maximum atomic E-state index is 13.6. The van der Waals surface area contributed by atoms with Gasteiger partial charge in [-0.3, -0.25) is 4.90 Å². The van der Waals surface area contributed by atoms with Crippen LogP contribution in [0.1, 0.15) is 36.9 Å². The molecule has 2 amide bonds. The quantitative estimate of drug-likeness (QED) is 0.846. The number of hydrogen-bond donors (Lipinski definition) is 1. The number of rotatable bonds is 3. The molecule has 2 saturated heterocycles. The van der Waals surface area contributed by atoms with Gasteiger partial charge in [-0.15, -0.1) is 0 Å². The number of amides is 2. The number of urea groups is 1. The zero-order chi connectivity index (χ0) is 20.4. The molecule has 1 aromatic carbocycles. The summed E-state index contributed by atoms with van der Waals surface area (Å²) in [6.45, 7) is 7.89. The molecule has 156 valence electrons. The lowest BCUT2D eigenvalue weighted by atomic mass is 9.87. The highest BCUT2D eigenvalue weighted by atomic mass is 19.4. The highest BCUT2D eigenvalue weighted by Crippen LogP contribution is 2.34. The van der Waals surface area contributed by atoms with Gasteiger partial charge in [-0.25, -0.2) is 4.79 Å². The van der Waals surface area contributed by atoms with Crippen molar-refractivity contribution in [3.05, 3.63) is 35.4 Å². The van der Waals surface area contributed by atoms with Gasteiger partial charge in [-0.1, -0.05) is 29.8 Å². The van der Waals surface area contributed by atoms with E-state index < -0.39 is 18.2 Å². The van der Waals surface area contributed by atoms with Crippen molar-refractivity contribution < 1.29 is 22.7 Å². The second-order valence-electron chi connectivity index (χ2n) is 7.92. The van der Waals surface area contributed by atoms with E-state index in [1.54, 1.807) is 19.1 Å². The van der Waals surface area contributed by atoms with Crippen molar-refractivity contribution in [1.29, 1.82) is 0 Å². The second-order valence-corrected chi connectivity index (χ2v) is 7.92. The largest absolute Gasteiger partial charge is 0.412 e. The van der Waals surface area contributed by atoms with Crippen LogP contribution in [0.3, 0.4) is 0 Å². The van der Waals surface area contributed by atoms with E-state index in [1.807, 2.05) is 0 Å². The molecule has 0 spiro atoms. The fourth-order valence-corrected chi connectivity index (χ4v) is 4.03. The van der Waals surface area contributed by atoms with E-state index in [9.17, 15) is 18.0 Å². The smallest absolute Gasteiger partial charge is 0.379 e. The van der Waals surface area contributed by atoms with Crippen molar-refractivity contribution in [2.75, 3.05) is 39.4 Å². The molecule has 5 nitrogen and oxygen atoms in total. The molecular formula is C20H28F3N3O2. The molecule has 0 aliphatic carbocycles. The number of ether oxygens (including phenoxy) is 1. The maximum Gasteiger partial charge on any atom is 0.412 e. The normalized spacial score (nSPS) is 22.0. The van der Waals surface area contributed by atoms with Gasteiger partial charge in [0.25, 0.3) is 0 Å². The molecule has 2 fully saturated rings. The monoisotopic (exact) mass is 399 g/mol. The summed E-state index contributed by atoms with van der Waals surface area (Å²) in [5.74, 6) is 0. The maximum absolute atomic E-state index is 13.6. The minimum Gasteiger partial charge on any atom is -0.379 e. The minimum atomic E-state index is -4.55. The Morgan fingerprint density at radius 3 is 2.39 bits per heavy atom. The number of hydrogen-bond acceptors (Lipinski definition) is 3. The molecule has 0 radical (unpaired) electrons. The van der Waals surface area contributed by atoms with Crippen LogP contribution in [0.25, 0.3) is 0 Å². The molecule has 0 bridgehead atoms. The topological polar surface area (TPSA) is 44.8 Å². The van der Waals surface area contributed by atoms with E-state index in [-0.39, 0.29) is 11.1 Å². The number of likely N-dealkylation sites (tertiary alicyclic amines) is 1. The number of halogens is 3. The molecule has 3 rings (SSSR count). The Kier molecular flexibility index (Phi) is 6.19. The summed E-state index contributed by atoms with van der Waals surface area (Å²) in [7, 11) is 0. The van der Waals surface area contributed by atoms with Crippen LogP contribution in [-0.2, 0) is 4.74 Å². The molecule has 1 aromatic rings. The van der Waals surface area contributed by atoms with Gasteiger partial charge in [0.1, 0.15) is 0 Å². The van der Waals surface area contributed by atoms with E-state index in [2.05, 4.69) is 17.1 Å². The van der Waals surface area contributed by atoms with Gasteiger partial charge >= 0.3 is 12.2 Å². The molecule has 0 saturated carbocycles. The molecule has 8 heteroatoms. The first-order valence-corrected chi connectivity index (χ1v) is 9.71. The molecule has 2 aliphatic heterocycles. The number of piperidine rings is 1. The first-order chi connectivity index (χ1) is 13.2. The van der Waals surface area contributed by atoms with Gasteiger partial charge < -0.3 is 15.0 Å². The van der Waals surface area contributed by atoms with Crippen LogP contribution in [0.15, 0.2) is 24.3 Å². The van der Waals surface area contributed by atoms with Crippen molar-refractivity contribution in [3.63, 3.8) is 0 Å². The first kappa shape index (κ1) is 20.9. The van der Waals surface area contributed by atoms with E-state index in [0.717, 1.165) is 31.5 Å². The zero-order valence-electron chi connectivity index (χ0n) is 16.4. The first-order valence-electron chi connectivity index (χ1n) is 9.71. The third-order valence-electron chi connectivity index (χ3n) is 5.87. The highest BCUT2D eigenvalue weighted by Gasteiger charge is 2.43. The average Bonchev–Trinajstić information content (AvgIpc) is 2.66. The fourth-order valence-electron chi connectivity index (χ4n) is 4.03. The average molecular weight is 399 g/mol. The number of aryl methyl sites for hydroxylation is 1. The van der Waals surface area contributed by atoms with Gasteiger partial charge in [0.2, 0.25) is 0 Å². The van der Waals surface area contributed by atoms with Crippen LogP contribution in [0.5, 0.6) is 0 Å². The van der Waals surface area contributed by atoms with Crippen molar-refractivity contribution >= 4 is 6.03 Å². The number of morpholine rings is 1. The van der Waals surface area contributed by atoms with Crippen molar-refractivity contribution in [2.24, 2.45) is 0 Å². The highest BCUT2D eigenvalue weighted by molar-refractivity contribution is 5.75. The number of nitrogens with one attached hydrogen (secondary N) is 1. The Morgan fingerprint density at radius 2 is 1.82 bits per heavy atom. The molecular weight excluding hydrogens is 371 g/mol. The lowest BCUT2D eigenvalue weighted by molar-refractivity contribution is -0.155. The molecule has 0 aromatic heterocycles. The van der Waals surface area contributed by atoms with E-state index >= 15 is 0 Å². The third-order valence-corrected chi connectivity index (χ3v) is 5.87. The SMILES string of the molecule is Cc1cccc(C(NC(=O)N2CCC(C)(N3CCOCC3)CC2)C(F)(F)F)c1. The standard InChI is InChI=1S/C20H28F3N3O2/c1-15-4-3-5-16(14-15)17(20(21,22)23)24-18(27)25-8-6-19(2,7-9-25)26-10-12-28-13-11-26/h3-5,14,17H,6-13H2,1-2H3,(H,24,27). The lowest BCUT2D eigenvalue weighted by Gasteiger charge is -2.48. The predicted octanol–water partition coefficient (Wildman–Crippen LogP) is 3.49. The predicted molar refractivity (Wildman–Crippen MR) is 100 cm³/mol. The minimum absolute atomic E-state index is 0.0411. The summed E-state index contributed by atoms with van der Waals surface area (Å²) in [4.78, 5) is 16.5. The summed E-state index contributed by atoms with van der Waals surface area (Å²) < 4.78 is 46.1. The summed E-state index contributed by atoms with van der Waals surface area (Å²) in [5, 5.41) is 2.21. The molecule has 2 aliphatic rings. The number of carbonyl (C=O) groups is 1. The Morgan fingerprint density at radius 1 is 1.18 bits per heavy atom. The second kappa shape index (κ2) is 8.29. The summed E-state index contributed by atoms with van der Waals surface area (Å²) in [6, 6.07) is 3.50. The Hall–Kier alpha value is -1.80. The molecule has 1 unspecified atom stereocenters. The van der Waals surface area contributed by atoms with Gasteiger partial charge in [0.15, 0.2) is 6.04 Å². The van der Waals surface area contributed by atoms with Crippen LogP contribution in [0, 0.1) is 6.92 Å². The Balaban J connectivity index is 1.63. The van der Waals surface area contributed by atoms with Crippen LogP contribution in [0.4, 0.5) is 18.0 Å². The number of nitrogens with zero attached hydrogens (tertiary/aromatic N) is 2. The van der Waals surface area contributed by atoms with E-state index in [4.69, 9.17) is 4.74 Å². The summed E-state index contributed by atoms with van der Waals surface area (Å²) >= 11 is 0. The Bertz CT molecular complexity index is 682. The third kappa shape index (κ3) is 4.78. The van der Waals surface area contributed by atoms with Crippen molar-refractivity contribution in [3.8, 4) is 0 Å². The number of benzene rings is 1. The van der Waals surface area contributed by atoms with Gasteiger partial charge in [0, 0.05) is 31.7 Å². The summed E-state index contributed by atoms with van der Waals surface area (Å²) in [5.41, 5.74) is 0.733. The van der Waals surface area contributed by atoms with Crippen molar-refractivity contribution in [2.45, 2.75) is 44.4 Å². The number of alkyl halides is 3. The Labute approximate surface area is 163 Å². The lowest BCUT2D eigenvalue weighted by Crippen LogP contribution is -2.58. The fraction of sp³-hybridized carbons (Fsp3) is 0.650. The van der Waals surface area contributed by atoms with Crippen LogP contribution < -0.4 is 5.32 Å². The van der Waals surface area contributed by atoms with E-state index in [0.29, 0.717) is 26.3 Å². The van der Waals surface area contributed by atoms with Crippen molar-refractivity contribution in [1.82, 2.24) is 15.1 Å². The molecule has 1 N–H and O–H groups in total. The van der Waals surface area contributed by atoms with Crippen LogP contribution in [-0.4, -0.2) is 66.9 Å².